The fourth-order valence-electron chi connectivity index (χ4n) is 3.96. The predicted molar refractivity (Wildman–Crippen MR) is 101 cm³/mol. The molecule has 7 heteroatoms. The normalized spacial score (nSPS) is 25.4. The fraction of sp³-hybridized carbons (Fsp3) is 0.737. The van der Waals surface area contributed by atoms with Crippen LogP contribution in [0.2, 0.25) is 0 Å². The minimum Gasteiger partial charge on any atom is -0.393 e. The largest absolute Gasteiger partial charge is 0.393 e. The molecule has 0 spiro atoms. The first-order valence-electron chi connectivity index (χ1n) is 9.75. The van der Waals surface area contributed by atoms with Gasteiger partial charge in [0.25, 0.3) is 0 Å². The van der Waals surface area contributed by atoms with E-state index in [1.54, 1.807) is 12.4 Å². The van der Waals surface area contributed by atoms with Crippen molar-refractivity contribution in [2.75, 3.05) is 44.7 Å². The van der Waals surface area contributed by atoms with Crippen molar-refractivity contribution in [3.63, 3.8) is 0 Å². The molecule has 0 radical (unpaired) electrons. The molecule has 1 saturated carbocycles. The Morgan fingerprint density at radius 2 is 1.88 bits per heavy atom. The van der Waals surface area contributed by atoms with Gasteiger partial charge in [-0.3, -0.25) is 9.69 Å². The van der Waals surface area contributed by atoms with Gasteiger partial charge in [0.1, 0.15) is 0 Å². The molecule has 0 unspecified atom stereocenters. The minimum absolute atomic E-state index is 0.163. The lowest BCUT2D eigenvalue weighted by Gasteiger charge is -2.38. The maximum absolute atomic E-state index is 12.9. The topological polar surface area (TPSA) is 72.8 Å². The molecule has 2 aliphatic rings. The first-order valence-corrected chi connectivity index (χ1v) is 9.75. The third-order valence-corrected chi connectivity index (χ3v) is 5.84. The summed E-state index contributed by atoms with van der Waals surface area (Å²) in [5.74, 6) is 1.19. The Kier molecular flexibility index (Phi) is 6.43. The summed E-state index contributed by atoms with van der Waals surface area (Å²) in [6.45, 7) is 5.67. The van der Waals surface area contributed by atoms with Crippen LogP contribution in [0.4, 0.5) is 5.95 Å². The molecule has 2 fully saturated rings. The molecular formula is C19H31N5O2. The van der Waals surface area contributed by atoms with Crippen LogP contribution in [0, 0.1) is 5.92 Å². The smallest absolute Gasteiger partial charge is 0.239 e. The van der Waals surface area contributed by atoms with Crippen molar-refractivity contribution in [3.05, 3.63) is 18.5 Å². The molecule has 1 N–H and O–H groups in total. The van der Waals surface area contributed by atoms with Gasteiger partial charge in [-0.2, -0.15) is 0 Å². The number of rotatable bonds is 5. The maximum atomic E-state index is 12.9. The van der Waals surface area contributed by atoms with Crippen molar-refractivity contribution in [3.8, 4) is 0 Å². The van der Waals surface area contributed by atoms with Gasteiger partial charge in [-0.05, 0) is 38.8 Å². The van der Waals surface area contributed by atoms with E-state index in [-0.39, 0.29) is 24.0 Å². The van der Waals surface area contributed by atoms with Crippen LogP contribution in [-0.2, 0) is 4.79 Å². The number of carbonyl (C=O) groups excluding carboxylic acids is 1. The summed E-state index contributed by atoms with van der Waals surface area (Å²) in [6.07, 6.45) is 7.52. The van der Waals surface area contributed by atoms with E-state index >= 15 is 0 Å². The summed E-state index contributed by atoms with van der Waals surface area (Å²) in [5.41, 5.74) is 0. The number of anilines is 1. The summed E-state index contributed by atoms with van der Waals surface area (Å²) in [5, 5.41) is 10.2. The number of amides is 1. The molecule has 26 heavy (non-hydrogen) atoms. The molecule has 0 bridgehead atoms. The van der Waals surface area contributed by atoms with Gasteiger partial charge in [0.05, 0.1) is 12.1 Å². The summed E-state index contributed by atoms with van der Waals surface area (Å²) < 4.78 is 0. The Hall–Kier alpha value is -1.73. The molecule has 1 aromatic heterocycles. The van der Waals surface area contributed by atoms with Crippen LogP contribution >= 0.6 is 0 Å². The number of aliphatic hydroxyl groups excluding tert-OH is 1. The third kappa shape index (κ3) is 4.51. The number of piperazine rings is 1. The highest BCUT2D eigenvalue weighted by Gasteiger charge is 2.30. The van der Waals surface area contributed by atoms with Gasteiger partial charge in [-0.15, -0.1) is 0 Å². The van der Waals surface area contributed by atoms with Gasteiger partial charge in [0.15, 0.2) is 0 Å². The zero-order chi connectivity index (χ0) is 18.5. The number of aromatic nitrogens is 2. The lowest BCUT2D eigenvalue weighted by Crippen LogP contribution is -2.54. The molecule has 1 aliphatic carbocycles. The standard InChI is InChI=1S/C19H31N5O2/c1-15(22(2)14-16-6-3-4-7-17(16)25)18(26)23-10-12-24(13-11-23)19-20-8-5-9-21-19/h5,8-9,15-17,25H,3-4,6-7,10-14H2,1-2H3/t15-,16+,17+/m1/s1. The Balaban J connectivity index is 1.49. The quantitative estimate of drug-likeness (QED) is 0.843. The number of nitrogens with zero attached hydrogens (tertiary/aromatic N) is 5. The van der Waals surface area contributed by atoms with Crippen molar-refractivity contribution in [2.24, 2.45) is 5.92 Å². The monoisotopic (exact) mass is 361 g/mol. The molecule has 3 rings (SSSR count). The van der Waals surface area contributed by atoms with E-state index in [0.29, 0.717) is 13.1 Å². The lowest BCUT2D eigenvalue weighted by molar-refractivity contribution is -0.136. The van der Waals surface area contributed by atoms with E-state index in [4.69, 9.17) is 0 Å². The van der Waals surface area contributed by atoms with Gasteiger partial charge >= 0.3 is 0 Å². The summed E-state index contributed by atoms with van der Waals surface area (Å²) in [7, 11) is 2.00. The van der Waals surface area contributed by atoms with E-state index in [2.05, 4.69) is 19.8 Å². The van der Waals surface area contributed by atoms with E-state index in [1.165, 1.54) is 6.42 Å². The molecule has 1 amide bonds. The Bertz CT molecular complexity index is 577. The zero-order valence-corrected chi connectivity index (χ0v) is 15.9. The highest BCUT2D eigenvalue weighted by Crippen LogP contribution is 2.25. The van der Waals surface area contributed by atoms with Crippen LogP contribution < -0.4 is 4.90 Å². The first kappa shape index (κ1) is 19.0. The van der Waals surface area contributed by atoms with E-state index in [9.17, 15) is 9.90 Å². The molecule has 1 aliphatic heterocycles. The van der Waals surface area contributed by atoms with Crippen LogP contribution in [-0.4, -0.2) is 82.7 Å². The number of carbonyl (C=O) groups is 1. The number of hydrogen-bond donors (Lipinski definition) is 1. The van der Waals surface area contributed by atoms with Crippen LogP contribution in [0.3, 0.4) is 0 Å². The molecule has 2 heterocycles. The SMILES string of the molecule is C[C@H](C(=O)N1CCN(c2ncccn2)CC1)N(C)C[C@@H]1CCCC[C@@H]1O. The molecule has 3 atom stereocenters. The van der Waals surface area contributed by atoms with E-state index < -0.39 is 0 Å². The predicted octanol–water partition coefficient (Wildman–Crippen LogP) is 0.997. The molecule has 1 aromatic rings. The Labute approximate surface area is 156 Å². The molecular weight excluding hydrogens is 330 g/mol. The van der Waals surface area contributed by atoms with Gasteiger partial charge in [0.2, 0.25) is 11.9 Å². The van der Waals surface area contributed by atoms with Gasteiger partial charge < -0.3 is 14.9 Å². The Morgan fingerprint density at radius 3 is 2.54 bits per heavy atom. The highest BCUT2D eigenvalue weighted by molar-refractivity contribution is 5.81. The highest BCUT2D eigenvalue weighted by atomic mass is 16.3. The number of likely N-dealkylation sites (N-methyl/N-ethyl adjacent to an activating group) is 1. The second kappa shape index (κ2) is 8.77. The number of hydrogen-bond acceptors (Lipinski definition) is 6. The average Bonchev–Trinajstić information content (AvgIpc) is 2.69. The Morgan fingerprint density at radius 1 is 1.23 bits per heavy atom. The zero-order valence-electron chi connectivity index (χ0n) is 15.9. The summed E-state index contributed by atoms with van der Waals surface area (Å²) in [4.78, 5) is 27.6. The lowest BCUT2D eigenvalue weighted by atomic mass is 9.86. The van der Waals surface area contributed by atoms with Crippen molar-refractivity contribution in [2.45, 2.75) is 44.8 Å². The van der Waals surface area contributed by atoms with Crippen molar-refractivity contribution in [1.29, 1.82) is 0 Å². The maximum Gasteiger partial charge on any atom is 0.239 e. The molecule has 144 valence electrons. The number of aliphatic hydroxyl groups is 1. The minimum atomic E-state index is -0.220. The molecule has 7 nitrogen and oxygen atoms in total. The molecule has 0 aromatic carbocycles. The van der Waals surface area contributed by atoms with Crippen molar-refractivity contribution >= 4 is 11.9 Å². The van der Waals surface area contributed by atoms with Crippen LogP contribution in [0.1, 0.15) is 32.6 Å². The second-order valence-electron chi connectivity index (χ2n) is 7.59. The van der Waals surface area contributed by atoms with Crippen molar-refractivity contribution in [1.82, 2.24) is 19.8 Å². The van der Waals surface area contributed by atoms with Crippen molar-refractivity contribution < 1.29 is 9.90 Å². The van der Waals surface area contributed by atoms with E-state index in [0.717, 1.165) is 44.8 Å². The van der Waals surface area contributed by atoms with Crippen LogP contribution in [0.25, 0.3) is 0 Å². The average molecular weight is 361 g/mol. The van der Waals surface area contributed by atoms with Gasteiger partial charge in [-0.25, -0.2) is 9.97 Å². The van der Waals surface area contributed by atoms with Crippen LogP contribution in [0.15, 0.2) is 18.5 Å². The second-order valence-corrected chi connectivity index (χ2v) is 7.59. The fourth-order valence-corrected chi connectivity index (χ4v) is 3.96. The van der Waals surface area contributed by atoms with Gasteiger partial charge in [0, 0.05) is 45.1 Å². The van der Waals surface area contributed by atoms with E-state index in [1.807, 2.05) is 24.9 Å². The van der Waals surface area contributed by atoms with Gasteiger partial charge in [-0.1, -0.05) is 12.8 Å². The molecule has 1 saturated heterocycles. The third-order valence-electron chi connectivity index (χ3n) is 5.84. The summed E-state index contributed by atoms with van der Waals surface area (Å²) in [6, 6.07) is 1.65. The van der Waals surface area contributed by atoms with Crippen LogP contribution in [0.5, 0.6) is 0 Å². The summed E-state index contributed by atoms with van der Waals surface area (Å²) >= 11 is 0. The first-order chi connectivity index (χ1) is 12.6.